The van der Waals surface area contributed by atoms with Crippen LogP contribution in [0, 0.1) is 0 Å². The van der Waals surface area contributed by atoms with Crippen molar-refractivity contribution in [1.29, 1.82) is 0 Å². The molecule has 2 fully saturated rings. The van der Waals surface area contributed by atoms with Gasteiger partial charge in [-0.1, -0.05) is 0 Å². The Morgan fingerprint density at radius 2 is 2.31 bits per heavy atom. The molecule has 3 heteroatoms. The third-order valence-corrected chi connectivity index (χ3v) is 3.97. The van der Waals surface area contributed by atoms with Gasteiger partial charge in [0.15, 0.2) is 0 Å². The standard InChI is InChI=1S/C10H13NS.ClH/c1-2-10-9(5-8(1)11-10)7-3-4-12-6-7;/h3-4,6,8-11H,1-2,5H2;1H. The van der Waals surface area contributed by atoms with E-state index in [0.717, 1.165) is 18.0 Å². The van der Waals surface area contributed by atoms with Crippen molar-refractivity contribution in [3.05, 3.63) is 22.4 Å². The average molecular weight is 216 g/mol. The zero-order chi connectivity index (χ0) is 7.97. The summed E-state index contributed by atoms with van der Waals surface area (Å²) in [5.41, 5.74) is 1.57. The van der Waals surface area contributed by atoms with Gasteiger partial charge in [0.05, 0.1) is 0 Å². The van der Waals surface area contributed by atoms with Gasteiger partial charge in [-0.05, 0) is 41.7 Å². The first-order valence-corrected chi connectivity index (χ1v) is 5.66. The van der Waals surface area contributed by atoms with E-state index >= 15 is 0 Å². The summed E-state index contributed by atoms with van der Waals surface area (Å²) in [6.07, 6.45) is 4.18. The Morgan fingerprint density at radius 1 is 1.38 bits per heavy atom. The molecule has 3 atom stereocenters. The van der Waals surface area contributed by atoms with E-state index in [9.17, 15) is 0 Å². The van der Waals surface area contributed by atoms with Crippen molar-refractivity contribution in [3.8, 4) is 0 Å². The minimum absolute atomic E-state index is 0. The zero-order valence-electron chi connectivity index (χ0n) is 7.40. The molecule has 3 rings (SSSR count). The summed E-state index contributed by atoms with van der Waals surface area (Å²) in [7, 11) is 0. The lowest BCUT2D eigenvalue weighted by Crippen LogP contribution is -2.21. The fourth-order valence-corrected chi connectivity index (χ4v) is 3.40. The van der Waals surface area contributed by atoms with E-state index in [1.807, 2.05) is 11.3 Å². The SMILES string of the molecule is Cl.c1cc(C2CC3CCC2N3)cs1. The molecule has 1 aromatic rings. The van der Waals surface area contributed by atoms with Crippen LogP contribution < -0.4 is 5.32 Å². The van der Waals surface area contributed by atoms with Crippen molar-refractivity contribution in [2.75, 3.05) is 0 Å². The van der Waals surface area contributed by atoms with Gasteiger partial charge in [-0.25, -0.2) is 0 Å². The van der Waals surface area contributed by atoms with E-state index in [0.29, 0.717) is 0 Å². The third kappa shape index (κ3) is 1.51. The number of nitrogens with one attached hydrogen (secondary N) is 1. The zero-order valence-corrected chi connectivity index (χ0v) is 9.03. The largest absolute Gasteiger partial charge is 0.311 e. The molecule has 1 nitrogen and oxygen atoms in total. The van der Waals surface area contributed by atoms with Crippen molar-refractivity contribution in [2.24, 2.45) is 0 Å². The molecule has 3 heterocycles. The molecule has 2 aliphatic heterocycles. The minimum atomic E-state index is 0. The second-order valence-corrected chi connectivity index (χ2v) is 4.73. The van der Waals surface area contributed by atoms with Crippen LogP contribution in [0.5, 0.6) is 0 Å². The smallest absolute Gasteiger partial charge is 0.0140 e. The van der Waals surface area contributed by atoms with Crippen LogP contribution >= 0.6 is 23.7 Å². The van der Waals surface area contributed by atoms with E-state index in [-0.39, 0.29) is 12.4 Å². The fourth-order valence-electron chi connectivity index (χ4n) is 2.68. The number of thiophene rings is 1. The van der Waals surface area contributed by atoms with Crippen LogP contribution in [0.4, 0.5) is 0 Å². The highest BCUT2D eigenvalue weighted by Crippen LogP contribution is 2.40. The normalized spacial score (nSPS) is 36.2. The van der Waals surface area contributed by atoms with Crippen molar-refractivity contribution in [2.45, 2.75) is 37.3 Å². The number of fused-ring (bicyclic) bond motifs is 2. The molecule has 0 radical (unpaired) electrons. The van der Waals surface area contributed by atoms with Gasteiger partial charge in [-0.3, -0.25) is 0 Å². The number of hydrogen-bond donors (Lipinski definition) is 1. The first-order valence-electron chi connectivity index (χ1n) is 4.71. The van der Waals surface area contributed by atoms with Gasteiger partial charge in [0.1, 0.15) is 0 Å². The maximum atomic E-state index is 3.67. The van der Waals surface area contributed by atoms with E-state index < -0.39 is 0 Å². The fraction of sp³-hybridized carbons (Fsp3) is 0.600. The van der Waals surface area contributed by atoms with E-state index in [1.165, 1.54) is 19.3 Å². The molecular weight excluding hydrogens is 202 g/mol. The summed E-state index contributed by atoms with van der Waals surface area (Å²) >= 11 is 1.83. The summed E-state index contributed by atoms with van der Waals surface area (Å²) in [5, 5.41) is 8.18. The van der Waals surface area contributed by atoms with Crippen LogP contribution in [0.15, 0.2) is 16.8 Å². The van der Waals surface area contributed by atoms with Gasteiger partial charge in [-0.2, -0.15) is 11.3 Å². The Hall–Kier alpha value is -0.0500. The molecule has 0 amide bonds. The quantitative estimate of drug-likeness (QED) is 0.760. The van der Waals surface area contributed by atoms with Gasteiger partial charge in [0, 0.05) is 18.0 Å². The van der Waals surface area contributed by atoms with Crippen molar-refractivity contribution in [3.63, 3.8) is 0 Å². The number of hydrogen-bond acceptors (Lipinski definition) is 2. The molecule has 3 unspecified atom stereocenters. The average Bonchev–Trinajstić information content (AvgIpc) is 2.81. The lowest BCUT2D eigenvalue weighted by Gasteiger charge is -2.18. The van der Waals surface area contributed by atoms with Crippen LogP contribution in [-0.4, -0.2) is 12.1 Å². The topological polar surface area (TPSA) is 12.0 Å². The number of rotatable bonds is 1. The first kappa shape index (κ1) is 9.50. The highest BCUT2D eigenvalue weighted by molar-refractivity contribution is 7.07. The van der Waals surface area contributed by atoms with Crippen molar-refractivity contribution >= 4 is 23.7 Å². The maximum Gasteiger partial charge on any atom is 0.0140 e. The molecule has 0 aliphatic carbocycles. The predicted molar refractivity (Wildman–Crippen MR) is 58.9 cm³/mol. The summed E-state index contributed by atoms with van der Waals surface area (Å²) in [6, 6.07) is 3.92. The number of halogens is 1. The molecule has 2 saturated heterocycles. The van der Waals surface area contributed by atoms with Gasteiger partial charge in [0.25, 0.3) is 0 Å². The van der Waals surface area contributed by atoms with Gasteiger partial charge >= 0.3 is 0 Å². The first-order chi connectivity index (χ1) is 5.93. The molecule has 0 saturated carbocycles. The Kier molecular flexibility index (Phi) is 2.63. The molecule has 72 valence electrons. The summed E-state index contributed by atoms with van der Waals surface area (Å²) in [5.74, 6) is 0.829. The van der Waals surface area contributed by atoms with Crippen LogP contribution in [0.2, 0.25) is 0 Å². The summed E-state index contributed by atoms with van der Waals surface area (Å²) < 4.78 is 0. The molecule has 0 spiro atoms. The highest BCUT2D eigenvalue weighted by Gasteiger charge is 2.39. The van der Waals surface area contributed by atoms with Crippen molar-refractivity contribution < 1.29 is 0 Å². The molecule has 2 aliphatic rings. The summed E-state index contributed by atoms with van der Waals surface area (Å²) in [4.78, 5) is 0. The Labute approximate surface area is 89.0 Å². The van der Waals surface area contributed by atoms with E-state index in [1.54, 1.807) is 5.56 Å². The van der Waals surface area contributed by atoms with Gasteiger partial charge in [-0.15, -0.1) is 12.4 Å². The monoisotopic (exact) mass is 215 g/mol. The molecule has 1 aromatic heterocycles. The second-order valence-electron chi connectivity index (χ2n) is 3.95. The summed E-state index contributed by atoms with van der Waals surface area (Å²) in [6.45, 7) is 0. The van der Waals surface area contributed by atoms with Crippen LogP contribution in [0.3, 0.4) is 0 Å². The maximum absolute atomic E-state index is 3.67. The lowest BCUT2D eigenvalue weighted by atomic mass is 9.85. The van der Waals surface area contributed by atoms with E-state index in [4.69, 9.17) is 0 Å². The lowest BCUT2D eigenvalue weighted by molar-refractivity contribution is 0.507. The van der Waals surface area contributed by atoms with Crippen molar-refractivity contribution in [1.82, 2.24) is 5.32 Å². The third-order valence-electron chi connectivity index (χ3n) is 3.27. The molecule has 0 aromatic carbocycles. The van der Waals surface area contributed by atoms with Crippen LogP contribution in [-0.2, 0) is 0 Å². The Morgan fingerprint density at radius 3 is 2.85 bits per heavy atom. The molecule has 13 heavy (non-hydrogen) atoms. The Bertz CT molecular complexity index is 272. The van der Waals surface area contributed by atoms with E-state index in [2.05, 4.69) is 22.1 Å². The highest BCUT2D eigenvalue weighted by atomic mass is 35.5. The molecule has 1 N–H and O–H groups in total. The minimum Gasteiger partial charge on any atom is -0.311 e. The molecule has 2 bridgehead atoms. The van der Waals surface area contributed by atoms with Crippen LogP contribution in [0.25, 0.3) is 0 Å². The van der Waals surface area contributed by atoms with Gasteiger partial charge < -0.3 is 5.32 Å². The Balaban J connectivity index is 0.000000653. The second kappa shape index (κ2) is 3.60. The van der Waals surface area contributed by atoms with Crippen LogP contribution in [0.1, 0.15) is 30.7 Å². The predicted octanol–water partition coefficient (Wildman–Crippen LogP) is 2.78. The molecular formula is C10H14ClNS. The van der Waals surface area contributed by atoms with Gasteiger partial charge in [0.2, 0.25) is 0 Å².